The zero-order chi connectivity index (χ0) is 15.5. The molecule has 1 aromatic carbocycles. The highest BCUT2D eigenvalue weighted by Gasteiger charge is 2.13. The number of ether oxygens (including phenoxy) is 1. The van der Waals surface area contributed by atoms with Crippen molar-refractivity contribution in [3.63, 3.8) is 0 Å². The Kier molecular flexibility index (Phi) is 9.16. The summed E-state index contributed by atoms with van der Waals surface area (Å²) in [4.78, 5) is 0. The zero-order valence-corrected chi connectivity index (χ0v) is 14.0. The van der Waals surface area contributed by atoms with Crippen LogP contribution in [0.4, 0.5) is 0 Å². The predicted octanol–water partition coefficient (Wildman–Crippen LogP) is 5.65. The number of para-hydroxylation sites is 1. The molecule has 0 aliphatic carbocycles. The molecule has 0 amide bonds. The van der Waals surface area contributed by atoms with Crippen LogP contribution < -0.4 is 4.74 Å². The van der Waals surface area contributed by atoms with Gasteiger partial charge in [-0.1, -0.05) is 70.1 Å². The van der Waals surface area contributed by atoms with Gasteiger partial charge < -0.3 is 9.84 Å². The molecule has 21 heavy (non-hydrogen) atoms. The summed E-state index contributed by atoms with van der Waals surface area (Å²) in [5.74, 6) is 0.822. The van der Waals surface area contributed by atoms with Gasteiger partial charge in [0, 0.05) is 5.56 Å². The molecule has 0 aliphatic rings. The van der Waals surface area contributed by atoms with Crippen LogP contribution in [0, 0.1) is 0 Å². The minimum Gasteiger partial charge on any atom is -0.491 e. The second kappa shape index (κ2) is 10.7. The van der Waals surface area contributed by atoms with Crippen LogP contribution in [0.25, 0.3) is 0 Å². The van der Waals surface area contributed by atoms with Gasteiger partial charge >= 0.3 is 0 Å². The van der Waals surface area contributed by atoms with Gasteiger partial charge in [-0.15, -0.1) is 0 Å². The minimum atomic E-state index is -0.407. The fraction of sp³-hybridized carbons (Fsp3) is 0.684. The van der Waals surface area contributed by atoms with Gasteiger partial charge in [0.25, 0.3) is 0 Å². The molecule has 1 rings (SSSR count). The van der Waals surface area contributed by atoms with Gasteiger partial charge in [0.15, 0.2) is 0 Å². The molecule has 1 aromatic rings. The summed E-state index contributed by atoms with van der Waals surface area (Å²) in [6.45, 7) is 6.27. The number of hydrogen-bond acceptors (Lipinski definition) is 2. The summed E-state index contributed by atoms with van der Waals surface area (Å²) in [7, 11) is 0. The normalized spacial score (nSPS) is 12.6. The van der Waals surface area contributed by atoms with E-state index >= 15 is 0 Å². The third kappa shape index (κ3) is 7.52. The summed E-state index contributed by atoms with van der Waals surface area (Å²) < 4.78 is 5.78. The number of aliphatic hydroxyl groups excluding tert-OH is 1. The quantitative estimate of drug-likeness (QED) is 0.534. The van der Waals surface area contributed by atoms with Crippen LogP contribution in [-0.2, 0) is 0 Å². The van der Waals surface area contributed by atoms with Crippen molar-refractivity contribution in [1.29, 1.82) is 0 Å². The third-order valence-corrected chi connectivity index (χ3v) is 3.72. The van der Waals surface area contributed by atoms with Crippen molar-refractivity contribution in [3.05, 3.63) is 29.8 Å². The molecule has 0 radical (unpaired) electrons. The molecule has 1 unspecified atom stereocenters. The van der Waals surface area contributed by atoms with Crippen molar-refractivity contribution in [2.45, 2.75) is 84.3 Å². The van der Waals surface area contributed by atoms with Gasteiger partial charge in [-0.3, -0.25) is 0 Å². The maximum absolute atomic E-state index is 10.4. The summed E-state index contributed by atoms with van der Waals surface area (Å²) in [5.41, 5.74) is 0.928. The summed E-state index contributed by atoms with van der Waals surface area (Å²) in [5, 5.41) is 10.4. The maximum atomic E-state index is 10.4. The largest absolute Gasteiger partial charge is 0.491 e. The van der Waals surface area contributed by atoms with E-state index in [9.17, 15) is 5.11 Å². The molecule has 0 spiro atoms. The monoisotopic (exact) mass is 292 g/mol. The lowest BCUT2D eigenvalue weighted by Crippen LogP contribution is -2.09. The summed E-state index contributed by atoms with van der Waals surface area (Å²) >= 11 is 0. The lowest BCUT2D eigenvalue weighted by Gasteiger charge is -2.18. The first-order chi connectivity index (χ1) is 10.1. The number of hydrogen-bond donors (Lipinski definition) is 1. The van der Waals surface area contributed by atoms with Crippen molar-refractivity contribution < 1.29 is 9.84 Å². The average molecular weight is 292 g/mol. The van der Waals surface area contributed by atoms with Crippen molar-refractivity contribution in [3.8, 4) is 5.75 Å². The molecule has 1 atom stereocenters. The van der Waals surface area contributed by atoms with E-state index in [0.717, 1.165) is 24.2 Å². The SMILES string of the molecule is CCCCCCCCCC(O)c1ccccc1OC(C)C. The van der Waals surface area contributed by atoms with E-state index in [4.69, 9.17) is 4.74 Å². The van der Waals surface area contributed by atoms with Crippen molar-refractivity contribution in [2.75, 3.05) is 0 Å². The first kappa shape index (κ1) is 18.0. The Hall–Kier alpha value is -1.02. The maximum Gasteiger partial charge on any atom is 0.125 e. The Labute approximate surface area is 130 Å². The van der Waals surface area contributed by atoms with E-state index < -0.39 is 6.10 Å². The van der Waals surface area contributed by atoms with E-state index in [-0.39, 0.29) is 6.10 Å². The van der Waals surface area contributed by atoms with Crippen molar-refractivity contribution in [1.82, 2.24) is 0 Å². The molecule has 2 nitrogen and oxygen atoms in total. The Bertz CT molecular complexity index is 374. The highest BCUT2D eigenvalue weighted by Crippen LogP contribution is 2.29. The van der Waals surface area contributed by atoms with Crippen LogP contribution in [0.2, 0.25) is 0 Å². The van der Waals surface area contributed by atoms with E-state index in [1.54, 1.807) is 0 Å². The number of aliphatic hydroxyl groups is 1. The average Bonchev–Trinajstić information content (AvgIpc) is 2.46. The van der Waals surface area contributed by atoms with E-state index in [2.05, 4.69) is 6.92 Å². The van der Waals surface area contributed by atoms with Gasteiger partial charge in [0.2, 0.25) is 0 Å². The van der Waals surface area contributed by atoms with Crippen molar-refractivity contribution >= 4 is 0 Å². The van der Waals surface area contributed by atoms with Crippen molar-refractivity contribution in [2.24, 2.45) is 0 Å². The number of rotatable bonds is 11. The molecular formula is C19H32O2. The topological polar surface area (TPSA) is 29.5 Å². The molecule has 0 aromatic heterocycles. The smallest absolute Gasteiger partial charge is 0.125 e. The molecular weight excluding hydrogens is 260 g/mol. The second-order valence-corrected chi connectivity index (χ2v) is 6.13. The molecule has 2 heteroatoms. The Morgan fingerprint density at radius 2 is 1.57 bits per heavy atom. The zero-order valence-electron chi connectivity index (χ0n) is 14.0. The number of benzene rings is 1. The van der Waals surface area contributed by atoms with E-state index in [1.165, 1.54) is 38.5 Å². The summed E-state index contributed by atoms with van der Waals surface area (Å²) in [6.07, 6.45) is 9.47. The van der Waals surface area contributed by atoms with Gasteiger partial charge in [0.1, 0.15) is 5.75 Å². The lowest BCUT2D eigenvalue weighted by molar-refractivity contribution is 0.153. The molecule has 0 saturated carbocycles. The molecule has 1 N–H and O–H groups in total. The third-order valence-electron chi connectivity index (χ3n) is 3.72. The van der Waals surface area contributed by atoms with Gasteiger partial charge in [0.05, 0.1) is 12.2 Å². The lowest BCUT2D eigenvalue weighted by atomic mass is 10.0. The molecule has 120 valence electrons. The van der Waals surface area contributed by atoms with Gasteiger partial charge in [-0.05, 0) is 26.3 Å². The Morgan fingerprint density at radius 1 is 0.952 bits per heavy atom. The first-order valence-corrected chi connectivity index (χ1v) is 8.58. The van der Waals surface area contributed by atoms with Crippen LogP contribution >= 0.6 is 0 Å². The Balaban J connectivity index is 2.33. The van der Waals surface area contributed by atoms with E-state index in [0.29, 0.717) is 0 Å². The van der Waals surface area contributed by atoms with Crippen LogP contribution in [0.1, 0.15) is 83.8 Å². The fourth-order valence-electron chi connectivity index (χ4n) is 2.57. The van der Waals surface area contributed by atoms with Gasteiger partial charge in [-0.25, -0.2) is 0 Å². The minimum absolute atomic E-state index is 0.136. The van der Waals surface area contributed by atoms with Crippen LogP contribution in [-0.4, -0.2) is 11.2 Å². The van der Waals surface area contributed by atoms with Crippen LogP contribution in [0.15, 0.2) is 24.3 Å². The van der Waals surface area contributed by atoms with Gasteiger partial charge in [-0.2, -0.15) is 0 Å². The molecule has 0 heterocycles. The standard InChI is InChI=1S/C19H32O2/c1-4-5-6-7-8-9-10-14-18(20)17-13-11-12-15-19(17)21-16(2)3/h11-13,15-16,18,20H,4-10,14H2,1-3H3. The number of unbranched alkanes of at least 4 members (excludes halogenated alkanes) is 6. The molecule has 0 saturated heterocycles. The molecule has 0 bridgehead atoms. The molecule has 0 fully saturated rings. The highest BCUT2D eigenvalue weighted by atomic mass is 16.5. The first-order valence-electron chi connectivity index (χ1n) is 8.58. The Morgan fingerprint density at radius 3 is 2.24 bits per heavy atom. The van der Waals surface area contributed by atoms with Crippen LogP contribution in [0.3, 0.4) is 0 Å². The fourth-order valence-corrected chi connectivity index (χ4v) is 2.57. The second-order valence-electron chi connectivity index (χ2n) is 6.13. The summed E-state index contributed by atoms with van der Waals surface area (Å²) in [6, 6.07) is 7.85. The molecule has 0 aliphatic heterocycles. The van der Waals surface area contributed by atoms with E-state index in [1.807, 2.05) is 38.1 Å². The predicted molar refractivity (Wildman–Crippen MR) is 89.8 cm³/mol. The highest BCUT2D eigenvalue weighted by molar-refractivity contribution is 5.35. The van der Waals surface area contributed by atoms with Crippen LogP contribution in [0.5, 0.6) is 5.75 Å².